The fourth-order valence-electron chi connectivity index (χ4n) is 8.46. The van der Waals surface area contributed by atoms with E-state index >= 15 is 4.39 Å². The molecule has 14 nitrogen and oxygen atoms in total. The summed E-state index contributed by atoms with van der Waals surface area (Å²) in [6.45, 7) is 4.52. The Morgan fingerprint density at radius 3 is 2.58 bits per heavy atom. The maximum atomic E-state index is 15.8. The minimum Gasteiger partial charge on any atom is -0.382 e. The molecular weight excluding hydrogens is 727 g/mol. The van der Waals surface area contributed by atoms with E-state index in [0.29, 0.717) is 40.7 Å². The van der Waals surface area contributed by atoms with Gasteiger partial charge in [0, 0.05) is 86.0 Å². The highest BCUT2D eigenvalue weighted by Crippen LogP contribution is 2.43. The van der Waals surface area contributed by atoms with Crippen molar-refractivity contribution in [2.24, 2.45) is 5.41 Å². The van der Waals surface area contributed by atoms with E-state index in [2.05, 4.69) is 36.5 Å². The van der Waals surface area contributed by atoms with Crippen LogP contribution in [0.4, 0.5) is 22.0 Å². The van der Waals surface area contributed by atoms with Crippen LogP contribution >= 0.6 is 11.6 Å². The maximum Gasteiger partial charge on any atom is 0.256 e. The number of carbonyl (C=O) groups excluding carboxylic acids is 4. The van der Waals surface area contributed by atoms with Crippen LogP contribution in [0.1, 0.15) is 57.5 Å². The van der Waals surface area contributed by atoms with Gasteiger partial charge >= 0.3 is 0 Å². The molecule has 3 aromatic heterocycles. The number of nitrogen functional groups attached to an aromatic ring is 1. The number of anilines is 3. The number of nitrogens with one attached hydrogen (secondary N) is 2. The molecule has 5 aromatic rings. The van der Waals surface area contributed by atoms with E-state index in [9.17, 15) is 19.2 Å². The van der Waals surface area contributed by atoms with Crippen LogP contribution in [0, 0.1) is 11.2 Å². The zero-order valence-corrected chi connectivity index (χ0v) is 30.4. The summed E-state index contributed by atoms with van der Waals surface area (Å²) in [6.07, 6.45) is 7.31. The number of halogens is 2. The first kappa shape index (κ1) is 34.8. The van der Waals surface area contributed by atoms with Crippen LogP contribution in [0.5, 0.6) is 0 Å². The minimum absolute atomic E-state index is 0.108. The number of hydrogen-bond acceptors (Lipinski definition) is 10. The number of nitrogens with zero attached hydrogens (tertiary/aromatic N) is 7. The van der Waals surface area contributed by atoms with Gasteiger partial charge in [-0.05, 0) is 72.2 Å². The largest absolute Gasteiger partial charge is 0.382 e. The van der Waals surface area contributed by atoms with Crippen LogP contribution in [-0.4, -0.2) is 85.0 Å². The number of hydrogen-bond donors (Lipinski definition) is 3. The normalized spacial score (nSPS) is 19.5. The summed E-state index contributed by atoms with van der Waals surface area (Å²) in [7, 11) is 0. The molecule has 280 valence electrons. The summed E-state index contributed by atoms with van der Waals surface area (Å²) >= 11 is 6.00. The monoisotopic (exact) mass is 762 g/mol. The molecule has 0 bridgehead atoms. The minimum atomic E-state index is -0.630. The molecule has 1 unspecified atom stereocenters. The third-order valence-electron chi connectivity index (χ3n) is 11.2. The number of fused-ring (bicyclic) bond motifs is 2. The molecule has 7 heterocycles. The van der Waals surface area contributed by atoms with Gasteiger partial charge in [-0.25, -0.2) is 19.3 Å². The van der Waals surface area contributed by atoms with E-state index in [-0.39, 0.29) is 46.4 Å². The van der Waals surface area contributed by atoms with Gasteiger partial charge in [-0.1, -0.05) is 23.7 Å². The summed E-state index contributed by atoms with van der Waals surface area (Å²) in [5.74, 6) is -0.921. The van der Waals surface area contributed by atoms with Gasteiger partial charge in [0.05, 0.1) is 0 Å². The molecule has 1 atom stereocenters. The molecule has 1 spiro atoms. The Hall–Kier alpha value is -5.93. The molecule has 3 fully saturated rings. The van der Waals surface area contributed by atoms with Crippen molar-refractivity contribution >= 4 is 58.3 Å². The number of imide groups is 1. The lowest BCUT2D eigenvalue weighted by molar-refractivity contribution is -0.136. The van der Waals surface area contributed by atoms with Crippen molar-refractivity contribution in [1.29, 1.82) is 0 Å². The van der Waals surface area contributed by atoms with Gasteiger partial charge < -0.3 is 20.9 Å². The van der Waals surface area contributed by atoms with E-state index in [1.165, 1.54) is 24.4 Å². The van der Waals surface area contributed by atoms with Crippen molar-refractivity contribution in [2.45, 2.75) is 44.8 Å². The summed E-state index contributed by atoms with van der Waals surface area (Å²) in [5.41, 5.74) is 10.3. The standard InChI is InChI=1S/C39H36ClFN10O4/c40-25-7-10-43-30(17-25)45-35(53)23-2-4-27(28(41)16-23)32-33-34(42)44-11-14-50(33)38(47-32)49-12-8-39(9-13-49)20-48(21-39)18-22-1-3-26-24(15-22)19-51(37(26)55)29-5-6-31(52)46-36(29)54/h1-4,7,10-11,14-17,29H,5-6,8-9,12-13,18-21H2,(H2,42,44)(H,43,45,53)(H,46,52,54). The van der Waals surface area contributed by atoms with E-state index in [1.54, 1.807) is 23.4 Å². The summed E-state index contributed by atoms with van der Waals surface area (Å²) in [4.78, 5) is 69.5. The van der Waals surface area contributed by atoms with Gasteiger partial charge in [-0.2, -0.15) is 0 Å². The maximum absolute atomic E-state index is 15.8. The van der Waals surface area contributed by atoms with Crippen LogP contribution in [0.15, 0.2) is 67.1 Å². The van der Waals surface area contributed by atoms with Crippen molar-refractivity contribution in [3.63, 3.8) is 0 Å². The first-order chi connectivity index (χ1) is 26.5. The highest BCUT2D eigenvalue weighted by atomic mass is 35.5. The molecule has 0 aliphatic carbocycles. The lowest BCUT2D eigenvalue weighted by Gasteiger charge is -2.54. The molecule has 4 amide bonds. The Balaban J connectivity index is 0.854. The molecule has 4 aliphatic heterocycles. The SMILES string of the molecule is Nc1nccn2c(N3CCC4(CC3)CN(Cc3ccc5c(c3)CN(C3CCC(=O)NC3=O)C5=O)C4)nc(-c3ccc(C(=O)Nc4cc(Cl)ccn4)cc3F)c12. The number of rotatable bonds is 7. The third-order valence-corrected chi connectivity index (χ3v) is 11.5. The van der Waals surface area contributed by atoms with Crippen LogP contribution in [-0.2, 0) is 22.7 Å². The quantitative estimate of drug-likeness (QED) is 0.203. The number of amides is 4. The zero-order chi connectivity index (χ0) is 38.0. The number of aromatic nitrogens is 4. The van der Waals surface area contributed by atoms with Crippen molar-refractivity contribution in [3.8, 4) is 11.3 Å². The van der Waals surface area contributed by atoms with Gasteiger partial charge in [0.1, 0.15) is 34.7 Å². The van der Waals surface area contributed by atoms with Crippen molar-refractivity contribution in [3.05, 3.63) is 100 Å². The summed E-state index contributed by atoms with van der Waals surface area (Å²) in [6, 6.07) is 12.6. The molecule has 4 aliphatic rings. The van der Waals surface area contributed by atoms with Gasteiger partial charge in [0.25, 0.3) is 11.8 Å². The van der Waals surface area contributed by atoms with Gasteiger partial charge in [0.15, 0.2) is 0 Å². The molecule has 2 aromatic carbocycles. The average Bonchev–Trinajstić information content (AvgIpc) is 3.69. The number of piperidine rings is 2. The smallest absolute Gasteiger partial charge is 0.256 e. The highest BCUT2D eigenvalue weighted by Gasteiger charge is 2.45. The second-order valence-electron chi connectivity index (χ2n) is 14.8. The average molecular weight is 763 g/mol. The molecule has 9 rings (SSSR count). The van der Waals surface area contributed by atoms with Crippen LogP contribution in [0.25, 0.3) is 16.8 Å². The van der Waals surface area contributed by atoms with Crippen molar-refractivity contribution in [1.82, 2.24) is 34.5 Å². The summed E-state index contributed by atoms with van der Waals surface area (Å²) < 4.78 is 17.6. The van der Waals surface area contributed by atoms with Crippen LogP contribution < -0.4 is 21.3 Å². The van der Waals surface area contributed by atoms with E-state index in [0.717, 1.165) is 62.8 Å². The van der Waals surface area contributed by atoms with E-state index in [4.69, 9.17) is 22.3 Å². The Labute approximate surface area is 319 Å². The predicted molar refractivity (Wildman–Crippen MR) is 202 cm³/mol. The molecule has 55 heavy (non-hydrogen) atoms. The lowest BCUT2D eigenvalue weighted by atomic mass is 9.72. The van der Waals surface area contributed by atoms with Crippen molar-refractivity contribution < 1.29 is 23.6 Å². The first-order valence-corrected chi connectivity index (χ1v) is 18.5. The third kappa shape index (κ3) is 6.32. The molecule has 3 saturated heterocycles. The lowest BCUT2D eigenvalue weighted by Crippen LogP contribution is -2.60. The fourth-order valence-corrected chi connectivity index (χ4v) is 8.62. The number of imidazole rings is 1. The molecule has 0 saturated carbocycles. The van der Waals surface area contributed by atoms with Gasteiger partial charge in [-0.15, -0.1) is 0 Å². The number of likely N-dealkylation sites (tertiary alicyclic amines) is 1. The second kappa shape index (κ2) is 13.4. The molecular formula is C39H36ClFN10O4. The topological polar surface area (TPSA) is 171 Å². The molecule has 4 N–H and O–H groups in total. The van der Waals surface area contributed by atoms with Gasteiger partial charge in [0.2, 0.25) is 17.8 Å². The van der Waals surface area contributed by atoms with E-state index < -0.39 is 23.7 Å². The molecule has 0 radical (unpaired) electrons. The Bertz CT molecular complexity index is 2420. The predicted octanol–water partition coefficient (Wildman–Crippen LogP) is 4.28. The number of pyridine rings is 1. The Kier molecular flexibility index (Phi) is 8.50. The molecule has 16 heteroatoms. The number of carbonyl (C=O) groups is 4. The Morgan fingerprint density at radius 1 is 1.02 bits per heavy atom. The van der Waals surface area contributed by atoms with Gasteiger partial charge in [-0.3, -0.25) is 33.8 Å². The fraction of sp³-hybridized carbons (Fsp3) is 0.308. The zero-order valence-electron chi connectivity index (χ0n) is 29.6. The number of benzene rings is 2. The Morgan fingerprint density at radius 2 is 1.82 bits per heavy atom. The highest BCUT2D eigenvalue weighted by molar-refractivity contribution is 6.30. The number of nitrogens with two attached hydrogens (primary N) is 1. The van der Waals surface area contributed by atoms with Crippen molar-refractivity contribution in [2.75, 3.05) is 42.1 Å². The van der Waals surface area contributed by atoms with Crippen LogP contribution in [0.2, 0.25) is 5.02 Å². The summed E-state index contributed by atoms with van der Waals surface area (Å²) in [5, 5.41) is 5.40. The second-order valence-corrected chi connectivity index (χ2v) is 15.3. The van der Waals surface area contributed by atoms with E-state index in [1.807, 2.05) is 16.5 Å². The van der Waals surface area contributed by atoms with Crippen LogP contribution in [0.3, 0.4) is 0 Å². The first-order valence-electron chi connectivity index (χ1n) is 18.1.